The molecule has 5 rings (SSSR count). The van der Waals surface area contributed by atoms with E-state index in [4.69, 9.17) is 10.5 Å². The number of nitriles is 1. The van der Waals surface area contributed by atoms with E-state index >= 15 is 0 Å². The first-order valence-corrected chi connectivity index (χ1v) is 9.51. The normalized spacial score (nSPS) is 15.5. The predicted molar refractivity (Wildman–Crippen MR) is 115 cm³/mol. The number of rotatable bonds is 2. The van der Waals surface area contributed by atoms with Crippen LogP contribution in [0, 0.1) is 11.3 Å². The van der Waals surface area contributed by atoms with Crippen molar-refractivity contribution in [2.24, 2.45) is 5.73 Å². The Morgan fingerprint density at radius 1 is 0.759 bits per heavy atom. The molecule has 0 aliphatic carbocycles. The lowest BCUT2D eigenvalue weighted by Crippen LogP contribution is -2.21. The predicted octanol–water partition coefficient (Wildman–Crippen LogP) is 5.72. The average Bonchev–Trinajstić information content (AvgIpc) is 2.79. The number of benzene rings is 4. The Labute approximate surface area is 169 Å². The van der Waals surface area contributed by atoms with Gasteiger partial charge in [0.25, 0.3) is 0 Å². The zero-order chi connectivity index (χ0) is 19.8. The van der Waals surface area contributed by atoms with Crippen molar-refractivity contribution in [2.45, 2.75) is 5.92 Å². The minimum absolute atomic E-state index is 0.175. The Bertz CT molecular complexity index is 1280. The molecular weight excluding hydrogens is 356 g/mol. The molecule has 0 amide bonds. The van der Waals surface area contributed by atoms with E-state index in [1.807, 2.05) is 48.5 Å². The molecule has 0 bridgehead atoms. The van der Waals surface area contributed by atoms with Crippen LogP contribution in [0.2, 0.25) is 0 Å². The van der Waals surface area contributed by atoms with Crippen molar-refractivity contribution in [1.29, 1.82) is 5.26 Å². The van der Waals surface area contributed by atoms with Crippen LogP contribution in [0.5, 0.6) is 5.75 Å². The van der Waals surface area contributed by atoms with Gasteiger partial charge < -0.3 is 10.5 Å². The van der Waals surface area contributed by atoms with Crippen LogP contribution in [0.4, 0.5) is 0 Å². The molecule has 0 fully saturated rings. The van der Waals surface area contributed by atoms with Crippen LogP contribution in [0.3, 0.4) is 0 Å². The molecule has 3 nitrogen and oxygen atoms in total. The zero-order valence-electron chi connectivity index (χ0n) is 15.7. The molecule has 1 aliphatic rings. The molecule has 29 heavy (non-hydrogen) atoms. The van der Waals surface area contributed by atoms with Crippen molar-refractivity contribution in [1.82, 2.24) is 0 Å². The first-order chi connectivity index (χ1) is 14.3. The Morgan fingerprint density at radius 3 is 2.21 bits per heavy atom. The summed E-state index contributed by atoms with van der Waals surface area (Å²) >= 11 is 0. The summed E-state index contributed by atoms with van der Waals surface area (Å²) in [6.45, 7) is 0. The SMILES string of the molecule is N#CC1=C(N)Oc2c(ccc3ccccc23)[C@H]1c1ccc(-c2ccccc2)cc1. The van der Waals surface area contributed by atoms with Gasteiger partial charge in [0.05, 0.1) is 5.92 Å². The molecule has 4 aromatic carbocycles. The molecule has 4 aromatic rings. The van der Waals surface area contributed by atoms with E-state index in [9.17, 15) is 5.26 Å². The number of fused-ring (bicyclic) bond motifs is 3. The highest BCUT2D eigenvalue weighted by atomic mass is 16.5. The largest absolute Gasteiger partial charge is 0.440 e. The minimum atomic E-state index is -0.252. The Morgan fingerprint density at radius 2 is 1.45 bits per heavy atom. The maximum atomic E-state index is 9.80. The van der Waals surface area contributed by atoms with Gasteiger partial charge in [-0.1, -0.05) is 91.0 Å². The molecule has 0 saturated heterocycles. The number of nitrogens with two attached hydrogens (primary N) is 1. The van der Waals surface area contributed by atoms with Gasteiger partial charge in [0.1, 0.15) is 17.4 Å². The van der Waals surface area contributed by atoms with E-state index in [-0.39, 0.29) is 11.8 Å². The summed E-state index contributed by atoms with van der Waals surface area (Å²) in [5.74, 6) is 0.656. The van der Waals surface area contributed by atoms with Crippen molar-refractivity contribution in [3.05, 3.63) is 114 Å². The Balaban J connectivity index is 1.66. The number of nitrogens with zero attached hydrogens (tertiary/aromatic N) is 1. The number of allylic oxidation sites excluding steroid dienone is 1. The highest BCUT2D eigenvalue weighted by Gasteiger charge is 2.31. The quantitative estimate of drug-likeness (QED) is 0.488. The molecule has 0 radical (unpaired) electrons. The van der Waals surface area contributed by atoms with Crippen molar-refractivity contribution in [3.63, 3.8) is 0 Å². The van der Waals surface area contributed by atoms with Gasteiger partial charge in [0.15, 0.2) is 0 Å². The van der Waals surface area contributed by atoms with Crippen LogP contribution < -0.4 is 10.5 Å². The van der Waals surface area contributed by atoms with Crippen molar-refractivity contribution < 1.29 is 4.74 Å². The van der Waals surface area contributed by atoms with Gasteiger partial charge in [0, 0.05) is 10.9 Å². The summed E-state index contributed by atoms with van der Waals surface area (Å²) in [6, 6.07) is 33.0. The average molecular weight is 374 g/mol. The first-order valence-electron chi connectivity index (χ1n) is 9.51. The third kappa shape index (κ3) is 2.83. The summed E-state index contributed by atoms with van der Waals surface area (Å²) < 4.78 is 5.93. The lowest BCUT2D eigenvalue weighted by Gasteiger charge is -2.27. The van der Waals surface area contributed by atoms with Crippen LogP contribution in [0.25, 0.3) is 21.9 Å². The number of ether oxygens (including phenoxy) is 1. The summed E-state index contributed by atoms with van der Waals surface area (Å²) in [4.78, 5) is 0. The summed E-state index contributed by atoms with van der Waals surface area (Å²) in [5.41, 5.74) is 10.9. The molecular formula is C26H18N2O. The zero-order valence-corrected chi connectivity index (χ0v) is 15.7. The second-order valence-electron chi connectivity index (χ2n) is 7.12. The summed E-state index contributed by atoms with van der Waals surface area (Å²) in [7, 11) is 0. The van der Waals surface area contributed by atoms with E-state index in [1.54, 1.807) is 0 Å². The Kier molecular flexibility index (Phi) is 4.04. The summed E-state index contributed by atoms with van der Waals surface area (Å²) in [5, 5.41) is 11.9. The standard InChI is InChI=1S/C26H18N2O/c27-16-23-24(20-12-10-18(11-13-20)17-6-2-1-3-7-17)22-15-14-19-8-4-5-9-21(19)25(22)29-26(23)28/h1-15,24H,28H2/t24-/m1/s1. The molecule has 138 valence electrons. The van der Waals surface area contributed by atoms with Crippen molar-refractivity contribution in [2.75, 3.05) is 0 Å². The molecule has 0 spiro atoms. The second kappa shape index (κ2) is 6.85. The van der Waals surface area contributed by atoms with Gasteiger partial charge in [-0.2, -0.15) is 5.26 Å². The fraction of sp³-hybridized carbons (Fsp3) is 0.0385. The third-order valence-electron chi connectivity index (χ3n) is 5.46. The monoisotopic (exact) mass is 374 g/mol. The van der Waals surface area contributed by atoms with Gasteiger partial charge in [0.2, 0.25) is 5.88 Å². The lowest BCUT2D eigenvalue weighted by molar-refractivity contribution is 0.398. The van der Waals surface area contributed by atoms with E-state index < -0.39 is 0 Å². The van der Waals surface area contributed by atoms with E-state index in [2.05, 4.69) is 48.5 Å². The van der Waals surface area contributed by atoms with Crippen LogP contribution in [-0.2, 0) is 0 Å². The van der Waals surface area contributed by atoms with Gasteiger partial charge in [-0.3, -0.25) is 0 Å². The van der Waals surface area contributed by atoms with Gasteiger partial charge in [-0.25, -0.2) is 0 Å². The molecule has 3 heteroatoms. The molecule has 1 aliphatic heterocycles. The molecule has 1 atom stereocenters. The van der Waals surface area contributed by atoms with E-state index in [0.29, 0.717) is 5.57 Å². The topological polar surface area (TPSA) is 59.0 Å². The second-order valence-corrected chi connectivity index (χ2v) is 7.12. The van der Waals surface area contributed by atoms with Crippen LogP contribution in [0.15, 0.2) is 102 Å². The fourth-order valence-corrected chi connectivity index (χ4v) is 4.03. The highest BCUT2D eigenvalue weighted by molar-refractivity contribution is 5.91. The molecule has 0 saturated carbocycles. The number of hydrogen-bond acceptors (Lipinski definition) is 3. The molecule has 2 N–H and O–H groups in total. The maximum absolute atomic E-state index is 9.80. The van der Waals surface area contributed by atoms with Crippen molar-refractivity contribution in [3.8, 4) is 22.9 Å². The van der Waals surface area contributed by atoms with Gasteiger partial charge in [-0.15, -0.1) is 0 Å². The lowest BCUT2D eigenvalue weighted by atomic mass is 9.82. The van der Waals surface area contributed by atoms with Gasteiger partial charge >= 0.3 is 0 Å². The smallest absolute Gasteiger partial charge is 0.205 e. The van der Waals surface area contributed by atoms with E-state index in [0.717, 1.165) is 38.8 Å². The number of hydrogen-bond donors (Lipinski definition) is 1. The van der Waals surface area contributed by atoms with E-state index in [1.165, 1.54) is 0 Å². The highest BCUT2D eigenvalue weighted by Crippen LogP contribution is 2.45. The van der Waals surface area contributed by atoms with Crippen molar-refractivity contribution >= 4 is 10.8 Å². The Hall–Kier alpha value is -4.03. The van der Waals surface area contributed by atoms with Crippen LogP contribution >= 0.6 is 0 Å². The molecule has 0 unspecified atom stereocenters. The maximum Gasteiger partial charge on any atom is 0.205 e. The first kappa shape index (κ1) is 17.1. The summed E-state index contributed by atoms with van der Waals surface area (Å²) in [6.07, 6.45) is 0. The third-order valence-corrected chi connectivity index (χ3v) is 5.46. The van der Waals surface area contributed by atoms with Crippen LogP contribution in [-0.4, -0.2) is 0 Å². The minimum Gasteiger partial charge on any atom is -0.440 e. The fourth-order valence-electron chi connectivity index (χ4n) is 4.03. The van der Waals surface area contributed by atoms with Gasteiger partial charge in [-0.05, 0) is 22.1 Å². The molecule has 0 aromatic heterocycles. The van der Waals surface area contributed by atoms with Crippen LogP contribution in [0.1, 0.15) is 17.0 Å². The molecule has 1 heterocycles.